The monoisotopic (exact) mass is 510 g/mol. The Morgan fingerprint density at radius 1 is 1.24 bits per heavy atom. The second kappa shape index (κ2) is 9.82. The minimum atomic E-state index is -3.91. The number of anilines is 2. The van der Waals surface area contributed by atoms with Crippen molar-refractivity contribution in [3.8, 4) is 11.5 Å². The van der Waals surface area contributed by atoms with Crippen LogP contribution in [0, 0.1) is 6.92 Å². The lowest BCUT2D eigenvalue weighted by Crippen LogP contribution is -2.42. The predicted octanol–water partition coefficient (Wildman–Crippen LogP) is 4.02. The van der Waals surface area contributed by atoms with Gasteiger partial charge in [-0.05, 0) is 25.1 Å². The van der Waals surface area contributed by atoms with E-state index < -0.39 is 16.1 Å². The van der Waals surface area contributed by atoms with Crippen molar-refractivity contribution in [3.05, 3.63) is 52.1 Å². The Morgan fingerprint density at radius 2 is 2.03 bits per heavy atom. The molecule has 1 saturated heterocycles. The Labute approximate surface area is 201 Å². The lowest BCUT2D eigenvalue weighted by Gasteiger charge is -2.32. The minimum Gasteiger partial charge on any atom is -0.495 e. The van der Waals surface area contributed by atoms with E-state index >= 15 is 0 Å². The Morgan fingerprint density at radius 3 is 2.73 bits per heavy atom. The molecule has 12 heteroatoms. The third kappa shape index (κ3) is 5.07. The SMILES string of the molecule is COc1cc(OC)c(S(=O)(=O)N2CCOC(c3cccc(Nc4ncc(C)s4)n3)C2)cc1Cl. The molecule has 1 aliphatic heterocycles. The highest BCUT2D eigenvalue weighted by atomic mass is 35.5. The van der Waals surface area contributed by atoms with Crippen LogP contribution in [0.5, 0.6) is 11.5 Å². The average Bonchev–Trinajstić information content (AvgIpc) is 3.23. The van der Waals surface area contributed by atoms with Gasteiger partial charge in [0.25, 0.3) is 0 Å². The summed E-state index contributed by atoms with van der Waals surface area (Å²) in [6.45, 7) is 2.49. The molecule has 1 aliphatic rings. The van der Waals surface area contributed by atoms with E-state index in [1.54, 1.807) is 6.20 Å². The predicted molar refractivity (Wildman–Crippen MR) is 126 cm³/mol. The van der Waals surface area contributed by atoms with Gasteiger partial charge in [0.2, 0.25) is 10.0 Å². The Balaban J connectivity index is 1.58. The van der Waals surface area contributed by atoms with Gasteiger partial charge in [-0.1, -0.05) is 17.7 Å². The quantitative estimate of drug-likeness (QED) is 0.508. The molecule has 1 aromatic carbocycles. The standard InChI is InChI=1S/C21H23ClN4O5S2/c1-13-11-23-21(32-13)25-20-6-4-5-15(24-20)18-12-26(7-8-31-18)33(27,28)19-9-14(22)16(29-2)10-17(19)30-3/h4-6,9-11,18H,7-8,12H2,1-3H3,(H,23,24,25). The van der Waals surface area contributed by atoms with Crippen molar-refractivity contribution in [2.75, 3.05) is 39.2 Å². The molecule has 3 aromatic rings. The molecule has 2 aromatic heterocycles. The summed E-state index contributed by atoms with van der Waals surface area (Å²) >= 11 is 7.72. The molecule has 9 nitrogen and oxygen atoms in total. The van der Waals surface area contributed by atoms with Crippen molar-refractivity contribution in [2.24, 2.45) is 0 Å². The number of nitrogens with zero attached hydrogens (tertiary/aromatic N) is 3. The number of hydrogen-bond donors (Lipinski definition) is 1. The van der Waals surface area contributed by atoms with Crippen LogP contribution in [-0.4, -0.2) is 56.6 Å². The zero-order chi connectivity index (χ0) is 23.6. The molecule has 33 heavy (non-hydrogen) atoms. The summed E-state index contributed by atoms with van der Waals surface area (Å²) in [5.41, 5.74) is 0.618. The highest BCUT2D eigenvalue weighted by Gasteiger charge is 2.34. The number of hydrogen-bond acceptors (Lipinski definition) is 9. The normalized spacial score (nSPS) is 17.0. The fraction of sp³-hybridized carbons (Fsp3) is 0.333. The van der Waals surface area contributed by atoms with E-state index in [1.165, 1.54) is 42.0 Å². The van der Waals surface area contributed by atoms with Gasteiger partial charge in [-0.15, -0.1) is 11.3 Å². The summed E-state index contributed by atoms with van der Waals surface area (Å²) in [5.74, 6) is 1.09. The average molecular weight is 511 g/mol. The van der Waals surface area contributed by atoms with E-state index in [2.05, 4.69) is 15.3 Å². The van der Waals surface area contributed by atoms with Gasteiger partial charge in [0, 0.05) is 30.2 Å². The number of aryl methyl sites for hydroxylation is 1. The van der Waals surface area contributed by atoms with Gasteiger partial charge in [-0.25, -0.2) is 18.4 Å². The zero-order valence-electron chi connectivity index (χ0n) is 18.2. The van der Waals surface area contributed by atoms with Crippen molar-refractivity contribution in [3.63, 3.8) is 0 Å². The second-order valence-corrected chi connectivity index (χ2v) is 10.8. The van der Waals surface area contributed by atoms with E-state index in [-0.39, 0.29) is 35.4 Å². The van der Waals surface area contributed by atoms with Crippen LogP contribution in [0.1, 0.15) is 16.7 Å². The van der Waals surface area contributed by atoms with Crippen molar-refractivity contribution < 1.29 is 22.6 Å². The third-order valence-electron chi connectivity index (χ3n) is 5.04. The molecule has 0 bridgehead atoms. The van der Waals surface area contributed by atoms with Crippen LogP contribution in [0.3, 0.4) is 0 Å². The van der Waals surface area contributed by atoms with Crippen LogP contribution in [0.25, 0.3) is 0 Å². The van der Waals surface area contributed by atoms with Crippen molar-refractivity contribution in [2.45, 2.75) is 17.9 Å². The molecule has 0 aliphatic carbocycles. The molecule has 4 rings (SSSR count). The van der Waals surface area contributed by atoms with E-state index in [0.717, 1.165) is 10.0 Å². The summed E-state index contributed by atoms with van der Waals surface area (Å²) in [6.07, 6.45) is 1.25. The van der Waals surface area contributed by atoms with Gasteiger partial charge in [-0.2, -0.15) is 4.31 Å². The largest absolute Gasteiger partial charge is 0.495 e. The molecule has 0 spiro atoms. The summed E-state index contributed by atoms with van der Waals surface area (Å²) in [7, 11) is -1.06. The van der Waals surface area contributed by atoms with Crippen LogP contribution >= 0.6 is 22.9 Å². The maximum atomic E-state index is 13.5. The topological polar surface area (TPSA) is 103 Å². The number of rotatable bonds is 7. The molecular weight excluding hydrogens is 488 g/mol. The molecule has 0 saturated carbocycles. The fourth-order valence-corrected chi connectivity index (χ4v) is 5.98. The molecular formula is C21H23ClN4O5S2. The Hall–Kier alpha value is -2.44. The number of morpholine rings is 1. The lowest BCUT2D eigenvalue weighted by molar-refractivity contribution is -0.00489. The number of thiazole rings is 1. The van der Waals surface area contributed by atoms with Gasteiger partial charge in [0.15, 0.2) is 5.13 Å². The number of ether oxygens (including phenoxy) is 3. The Kier molecular flexibility index (Phi) is 7.05. The second-order valence-electron chi connectivity index (χ2n) is 7.21. The van der Waals surface area contributed by atoms with Crippen LogP contribution in [0.2, 0.25) is 5.02 Å². The first-order chi connectivity index (χ1) is 15.8. The first-order valence-corrected chi connectivity index (χ1v) is 12.6. The molecule has 1 unspecified atom stereocenters. The lowest BCUT2D eigenvalue weighted by atomic mass is 10.2. The summed E-state index contributed by atoms with van der Waals surface area (Å²) < 4.78 is 44.6. The van der Waals surface area contributed by atoms with Gasteiger partial charge in [0.05, 0.1) is 31.5 Å². The van der Waals surface area contributed by atoms with E-state index in [0.29, 0.717) is 17.3 Å². The van der Waals surface area contributed by atoms with E-state index in [1.807, 2.05) is 25.1 Å². The number of nitrogens with one attached hydrogen (secondary N) is 1. The molecule has 0 amide bonds. The van der Waals surface area contributed by atoms with E-state index in [9.17, 15) is 8.42 Å². The number of halogens is 1. The van der Waals surface area contributed by atoms with Crippen LogP contribution in [0.4, 0.5) is 10.9 Å². The van der Waals surface area contributed by atoms with Crippen LogP contribution in [0.15, 0.2) is 41.4 Å². The van der Waals surface area contributed by atoms with Gasteiger partial charge in [-0.3, -0.25) is 0 Å². The maximum absolute atomic E-state index is 13.5. The maximum Gasteiger partial charge on any atom is 0.246 e. The Bertz CT molecular complexity index is 1250. The number of sulfonamides is 1. The first kappa shape index (κ1) is 23.7. The number of methoxy groups -OCH3 is 2. The molecule has 3 heterocycles. The van der Waals surface area contributed by atoms with Gasteiger partial charge in [0.1, 0.15) is 28.3 Å². The third-order valence-corrected chi connectivity index (χ3v) is 8.05. The van der Waals surface area contributed by atoms with Crippen molar-refractivity contribution in [1.29, 1.82) is 0 Å². The molecule has 1 fully saturated rings. The van der Waals surface area contributed by atoms with Gasteiger partial charge < -0.3 is 19.5 Å². The van der Waals surface area contributed by atoms with Crippen LogP contribution in [-0.2, 0) is 14.8 Å². The zero-order valence-corrected chi connectivity index (χ0v) is 20.6. The summed E-state index contributed by atoms with van der Waals surface area (Å²) in [6, 6.07) is 8.28. The molecule has 1 N–H and O–H groups in total. The van der Waals surface area contributed by atoms with Gasteiger partial charge >= 0.3 is 0 Å². The fourth-order valence-electron chi connectivity index (χ4n) is 3.42. The number of benzene rings is 1. The highest BCUT2D eigenvalue weighted by Crippen LogP contribution is 2.37. The van der Waals surface area contributed by atoms with Crippen LogP contribution < -0.4 is 14.8 Å². The van der Waals surface area contributed by atoms with Crippen molar-refractivity contribution in [1.82, 2.24) is 14.3 Å². The molecule has 176 valence electrons. The number of aromatic nitrogens is 2. The summed E-state index contributed by atoms with van der Waals surface area (Å²) in [5, 5.41) is 4.08. The van der Waals surface area contributed by atoms with Crippen molar-refractivity contribution >= 4 is 43.9 Å². The number of pyridine rings is 1. The first-order valence-electron chi connectivity index (χ1n) is 10.0. The minimum absolute atomic E-state index is 0.0287. The molecule has 1 atom stereocenters. The molecule has 0 radical (unpaired) electrons. The smallest absolute Gasteiger partial charge is 0.246 e. The summed E-state index contributed by atoms with van der Waals surface area (Å²) in [4.78, 5) is 9.95. The highest BCUT2D eigenvalue weighted by molar-refractivity contribution is 7.89. The van der Waals surface area contributed by atoms with E-state index in [4.69, 9.17) is 25.8 Å².